The van der Waals surface area contributed by atoms with Crippen LogP contribution in [0, 0.1) is 0 Å². The second-order valence-electron chi connectivity index (χ2n) is 5.08. The fraction of sp³-hybridized carbons (Fsp3) is 0.188. The van der Waals surface area contributed by atoms with Gasteiger partial charge in [-0.25, -0.2) is 9.97 Å². The number of hydrogen-bond acceptors (Lipinski definition) is 4. The van der Waals surface area contributed by atoms with E-state index in [-0.39, 0.29) is 0 Å². The van der Waals surface area contributed by atoms with E-state index in [0.29, 0.717) is 11.6 Å². The number of hydrogen-bond donors (Lipinski definition) is 1. The summed E-state index contributed by atoms with van der Waals surface area (Å²) in [5.41, 5.74) is 4.44. The van der Waals surface area contributed by atoms with Gasteiger partial charge in [0.15, 0.2) is 5.65 Å². The van der Waals surface area contributed by atoms with E-state index in [1.165, 1.54) is 11.1 Å². The average Bonchev–Trinajstić information content (AvgIpc) is 2.48. The van der Waals surface area contributed by atoms with E-state index < -0.39 is 0 Å². The maximum Gasteiger partial charge on any atom is 0.180 e. The van der Waals surface area contributed by atoms with Crippen LogP contribution in [0.3, 0.4) is 0 Å². The Morgan fingerprint density at radius 3 is 2.90 bits per heavy atom. The molecule has 4 heteroatoms. The van der Waals surface area contributed by atoms with Crippen molar-refractivity contribution < 1.29 is 0 Å². The van der Waals surface area contributed by atoms with E-state index in [1.54, 1.807) is 12.4 Å². The van der Waals surface area contributed by atoms with Gasteiger partial charge in [-0.1, -0.05) is 24.3 Å². The van der Waals surface area contributed by atoms with Gasteiger partial charge in [-0.05, 0) is 29.7 Å². The molecule has 0 saturated heterocycles. The predicted molar refractivity (Wildman–Crippen MR) is 78.7 cm³/mol. The lowest BCUT2D eigenvalue weighted by molar-refractivity contribution is 0.635. The van der Waals surface area contributed by atoms with Crippen molar-refractivity contribution in [1.82, 2.24) is 15.0 Å². The van der Waals surface area contributed by atoms with Crippen molar-refractivity contribution in [3.63, 3.8) is 0 Å². The Morgan fingerprint density at radius 2 is 1.95 bits per heavy atom. The zero-order chi connectivity index (χ0) is 13.4. The highest BCUT2D eigenvalue weighted by atomic mass is 15.0. The fourth-order valence-electron chi connectivity index (χ4n) is 2.73. The van der Waals surface area contributed by atoms with E-state index in [4.69, 9.17) is 0 Å². The van der Waals surface area contributed by atoms with Crippen molar-refractivity contribution in [2.45, 2.75) is 12.3 Å². The van der Waals surface area contributed by atoms with E-state index in [0.717, 1.165) is 24.3 Å². The highest BCUT2D eigenvalue weighted by Gasteiger charge is 2.24. The maximum absolute atomic E-state index is 4.48. The lowest BCUT2D eigenvalue weighted by Gasteiger charge is -2.30. The molecule has 2 heterocycles. The van der Waals surface area contributed by atoms with Crippen LogP contribution in [0.15, 0.2) is 48.8 Å². The first-order valence-corrected chi connectivity index (χ1v) is 6.79. The number of nitrogens with one attached hydrogen (secondary N) is 1. The zero-order valence-electron chi connectivity index (χ0n) is 11.0. The molecule has 4 rings (SSSR count). The summed E-state index contributed by atoms with van der Waals surface area (Å²) in [6.45, 7) is 0.912. The quantitative estimate of drug-likeness (QED) is 0.788. The van der Waals surface area contributed by atoms with Crippen molar-refractivity contribution in [2.75, 3.05) is 11.9 Å². The van der Waals surface area contributed by atoms with E-state index in [1.807, 2.05) is 12.1 Å². The number of fused-ring (bicyclic) bond motifs is 2. The summed E-state index contributed by atoms with van der Waals surface area (Å²) in [5, 5.41) is 3.40. The monoisotopic (exact) mass is 262 g/mol. The molecule has 0 saturated carbocycles. The van der Waals surface area contributed by atoms with E-state index >= 15 is 0 Å². The van der Waals surface area contributed by atoms with Crippen molar-refractivity contribution in [3.05, 3.63) is 59.9 Å². The molecule has 1 atom stereocenters. The summed E-state index contributed by atoms with van der Waals surface area (Å²) in [4.78, 5) is 12.9. The fourth-order valence-corrected chi connectivity index (χ4v) is 2.73. The first-order chi connectivity index (χ1) is 9.90. The highest BCUT2D eigenvalue weighted by molar-refractivity contribution is 5.71. The molecule has 1 aliphatic carbocycles. The smallest absolute Gasteiger partial charge is 0.180 e. The van der Waals surface area contributed by atoms with Gasteiger partial charge in [0.05, 0.1) is 0 Å². The minimum absolute atomic E-state index is 0.588. The molecular weight excluding hydrogens is 248 g/mol. The molecule has 0 fully saturated rings. The normalized spacial score (nSPS) is 16.5. The Bertz CT molecular complexity index is 769. The first-order valence-electron chi connectivity index (χ1n) is 6.79. The molecule has 20 heavy (non-hydrogen) atoms. The molecule has 1 aromatic carbocycles. The lowest BCUT2D eigenvalue weighted by atomic mass is 9.77. The predicted octanol–water partition coefficient (Wildman–Crippen LogP) is 2.78. The molecule has 98 valence electrons. The average molecular weight is 262 g/mol. The summed E-state index contributed by atoms with van der Waals surface area (Å²) in [6, 6.07) is 12.5. The van der Waals surface area contributed by atoms with E-state index in [9.17, 15) is 0 Å². The Labute approximate surface area is 116 Å². The summed E-state index contributed by atoms with van der Waals surface area (Å²) in [6.07, 6.45) is 4.50. The van der Waals surface area contributed by atoms with Gasteiger partial charge in [0.2, 0.25) is 0 Å². The van der Waals surface area contributed by atoms with Crippen LogP contribution in [-0.4, -0.2) is 21.5 Å². The number of anilines is 1. The molecule has 2 aromatic heterocycles. The molecule has 1 aliphatic rings. The van der Waals surface area contributed by atoms with Crippen LogP contribution in [0.25, 0.3) is 11.2 Å². The van der Waals surface area contributed by atoms with Crippen molar-refractivity contribution in [3.8, 4) is 0 Å². The van der Waals surface area contributed by atoms with Crippen molar-refractivity contribution >= 4 is 17.0 Å². The topological polar surface area (TPSA) is 50.7 Å². The van der Waals surface area contributed by atoms with E-state index in [2.05, 4.69) is 44.5 Å². The number of aromatic nitrogens is 3. The Kier molecular flexibility index (Phi) is 2.59. The molecule has 0 radical (unpaired) electrons. The van der Waals surface area contributed by atoms with Crippen molar-refractivity contribution in [1.29, 1.82) is 0 Å². The third kappa shape index (κ3) is 1.90. The van der Waals surface area contributed by atoms with Crippen LogP contribution in [-0.2, 0) is 6.42 Å². The highest BCUT2D eigenvalue weighted by Crippen LogP contribution is 2.34. The second-order valence-corrected chi connectivity index (χ2v) is 5.08. The second kappa shape index (κ2) is 4.56. The third-order valence-electron chi connectivity index (χ3n) is 3.82. The zero-order valence-corrected chi connectivity index (χ0v) is 11.0. The Balaban J connectivity index is 1.49. The summed E-state index contributed by atoms with van der Waals surface area (Å²) in [7, 11) is 0. The Morgan fingerprint density at radius 1 is 1.05 bits per heavy atom. The minimum atomic E-state index is 0.588. The van der Waals surface area contributed by atoms with Crippen molar-refractivity contribution in [2.24, 2.45) is 0 Å². The molecule has 4 nitrogen and oxygen atoms in total. The standard InChI is InChI=1S/C16H14N4/c1-2-4-13-11(3-1)9-12(13)10-19-15-6-5-14-16(20-15)18-8-7-17-14/h1-8,12H,9-10H2,(H,18,19,20). The van der Waals surface area contributed by atoms with Gasteiger partial charge in [0.25, 0.3) is 0 Å². The summed E-state index contributed by atoms with van der Waals surface area (Å²) >= 11 is 0. The molecule has 0 spiro atoms. The van der Waals surface area contributed by atoms with Gasteiger partial charge >= 0.3 is 0 Å². The third-order valence-corrected chi connectivity index (χ3v) is 3.82. The molecule has 1 unspecified atom stereocenters. The van der Waals surface area contributed by atoms with Crippen LogP contribution >= 0.6 is 0 Å². The van der Waals surface area contributed by atoms with Gasteiger partial charge in [0.1, 0.15) is 11.3 Å². The maximum atomic E-state index is 4.48. The van der Waals surface area contributed by atoms with Gasteiger partial charge in [-0.15, -0.1) is 0 Å². The number of pyridine rings is 1. The summed E-state index contributed by atoms with van der Waals surface area (Å²) < 4.78 is 0. The van der Waals surface area contributed by atoms with Crippen LogP contribution in [0.2, 0.25) is 0 Å². The summed E-state index contributed by atoms with van der Waals surface area (Å²) in [5.74, 6) is 1.45. The largest absolute Gasteiger partial charge is 0.369 e. The SMILES string of the molecule is c1ccc2c(c1)CC2CNc1ccc2nccnc2n1. The van der Waals surface area contributed by atoms with Gasteiger partial charge in [-0.3, -0.25) is 4.98 Å². The first kappa shape index (κ1) is 11.3. The van der Waals surface area contributed by atoms with Gasteiger partial charge in [0, 0.05) is 24.9 Å². The Hall–Kier alpha value is -2.49. The van der Waals surface area contributed by atoms with Gasteiger partial charge < -0.3 is 5.32 Å². The number of benzene rings is 1. The molecule has 3 aromatic rings. The number of rotatable bonds is 3. The number of nitrogens with zero attached hydrogens (tertiary/aromatic N) is 3. The molecular formula is C16H14N4. The van der Waals surface area contributed by atoms with Crippen LogP contribution in [0.1, 0.15) is 17.0 Å². The molecule has 0 amide bonds. The van der Waals surface area contributed by atoms with Crippen LogP contribution in [0.4, 0.5) is 5.82 Å². The lowest BCUT2D eigenvalue weighted by Crippen LogP contribution is -2.24. The molecule has 0 aliphatic heterocycles. The van der Waals surface area contributed by atoms with Gasteiger partial charge in [-0.2, -0.15) is 0 Å². The van der Waals surface area contributed by atoms with Crippen LogP contribution < -0.4 is 5.32 Å². The molecule has 0 bridgehead atoms. The molecule has 1 N–H and O–H groups in total. The minimum Gasteiger partial charge on any atom is -0.369 e. The van der Waals surface area contributed by atoms with Crippen LogP contribution in [0.5, 0.6) is 0 Å².